The number of imidazole rings is 1. The standard InChI is InChI=1S/C4H5N4O/c5-3-2(4(6)9)7-1-8-3/h5H2,(H2,6,9)(H,7,8). The fourth-order valence-corrected chi connectivity index (χ4v) is 0.451. The number of carbonyl (C=O) groups is 1. The fourth-order valence-electron chi connectivity index (χ4n) is 0.451. The quantitative estimate of drug-likeness (QED) is 0.444. The number of nitrogens with zero attached hydrogens (tertiary/aromatic N) is 1. The molecular weight excluding hydrogens is 120 g/mol. The van der Waals surface area contributed by atoms with Crippen LogP contribution >= 0.6 is 0 Å². The van der Waals surface area contributed by atoms with Gasteiger partial charge in [-0.3, -0.25) is 4.79 Å². The van der Waals surface area contributed by atoms with Crippen molar-refractivity contribution in [2.75, 3.05) is 5.73 Å². The number of nitrogens with one attached hydrogen (secondary N) is 1. The van der Waals surface area contributed by atoms with Gasteiger partial charge in [-0.1, -0.05) is 0 Å². The van der Waals surface area contributed by atoms with Crippen molar-refractivity contribution in [2.24, 2.45) is 5.73 Å². The third kappa shape index (κ3) is 0.835. The number of amides is 1. The number of aromatic nitrogens is 2. The molecule has 0 aromatic carbocycles. The van der Waals surface area contributed by atoms with Crippen LogP contribution in [0.15, 0.2) is 0 Å². The van der Waals surface area contributed by atoms with E-state index in [9.17, 15) is 4.79 Å². The van der Waals surface area contributed by atoms with Crippen molar-refractivity contribution in [3.63, 3.8) is 0 Å². The maximum absolute atomic E-state index is 10.3. The van der Waals surface area contributed by atoms with Crippen LogP contribution in [-0.4, -0.2) is 15.9 Å². The summed E-state index contributed by atoms with van der Waals surface area (Å²) >= 11 is 0. The molecule has 0 fully saturated rings. The van der Waals surface area contributed by atoms with E-state index >= 15 is 0 Å². The molecule has 1 heterocycles. The minimum absolute atomic E-state index is 0.0370. The topological polar surface area (TPSA) is 97.8 Å². The summed E-state index contributed by atoms with van der Waals surface area (Å²) in [6, 6.07) is 0. The molecule has 0 saturated heterocycles. The molecule has 0 aliphatic carbocycles. The Kier molecular flexibility index (Phi) is 1.11. The van der Waals surface area contributed by atoms with Crippen LogP contribution in [0.25, 0.3) is 0 Å². The number of hydrogen-bond acceptors (Lipinski definition) is 3. The first-order chi connectivity index (χ1) is 4.22. The molecule has 5 N–H and O–H groups in total. The zero-order valence-electron chi connectivity index (χ0n) is 4.51. The molecule has 5 nitrogen and oxygen atoms in total. The third-order valence-corrected chi connectivity index (χ3v) is 0.847. The van der Waals surface area contributed by atoms with Crippen molar-refractivity contribution in [3.8, 4) is 0 Å². The summed E-state index contributed by atoms with van der Waals surface area (Å²) < 4.78 is 0. The lowest BCUT2D eigenvalue weighted by Gasteiger charge is -1.86. The molecule has 0 aliphatic heterocycles. The summed E-state index contributed by atoms with van der Waals surface area (Å²) in [4.78, 5) is 16.1. The third-order valence-electron chi connectivity index (χ3n) is 0.847. The Hall–Kier alpha value is -1.52. The molecule has 47 valence electrons. The number of anilines is 1. The fraction of sp³-hybridized carbons (Fsp3) is 0. The number of H-pyrrole nitrogens is 1. The van der Waals surface area contributed by atoms with Gasteiger partial charge in [0.25, 0.3) is 5.91 Å². The summed E-state index contributed by atoms with van der Waals surface area (Å²) in [5.41, 5.74) is 10.1. The lowest BCUT2D eigenvalue weighted by Crippen LogP contribution is -2.13. The van der Waals surface area contributed by atoms with Gasteiger partial charge in [-0.15, -0.1) is 0 Å². The van der Waals surface area contributed by atoms with Crippen LogP contribution in [0.2, 0.25) is 0 Å². The molecular formula is C4H5N4O. The highest BCUT2D eigenvalue weighted by Gasteiger charge is 2.06. The van der Waals surface area contributed by atoms with Gasteiger partial charge in [0.15, 0.2) is 12.0 Å². The van der Waals surface area contributed by atoms with Crippen LogP contribution in [-0.2, 0) is 0 Å². The largest absolute Gasteiger partial charge is 0.383 e. The van der Waals surface area contributed by atoms with Crippen molar-refractivity contribution >= 4 is 11.7 Å². The van der Waals surface area contributed by atoms with E-state index in [1.807, 2.05) is 0 Å². The van der Waals surface area contributed by atoms with Crippen LogP contribution in [0.5, 0.6) is 0 Å². The SMILES string of the molecule is NC(=O)c1n[c][nH]c1N. The van der Waals surface area contributed by atoms with Gasteiger partial charge >= 0.3 is 0 Å². The second-order valence-corrected chi connectivity index (χ2v) is 1.48. The summed E-state index contributed by atoms with van der Waals surface area (Å²) in [6.45, 7) is 0. The lowest BCUT2D eigenvalue weighted by molar-refractivity contribution is 0.0997. The van der Waals surface area contributed by atoms with E-state index in [0.29, 0.717) is 0 Å². The average Bonchev–Trinajstić information content (AvgIpc) is 2.13. The molecule has 1 aromatic heterocycles. The Morgan fingerprint density at radius 3 is 2.67 bits per heavy atom. The normalized spacial score (nSPS) is 9.33. The van der Waals surface area contributed by atoms with E-state index in [0.717, 1.165) is 0 Å². The second kappa shape index (κ2) is 1.77. The van der Waals surface area contributed by atoms with Gasteiger partial charge in [-0.25, -0.2) is 4.98 Å². The maximum atomic E-state index is 10.3. The highest BCUT2D eigenvalue weighted by Crippen LogP contribution is 2.00. The zero-order valence-corrected chi connectivity index (χ0v) is 4.51. The average molecular weight is 125 g/mol. The molecule has 1 rings (SSSR count). The predicted molar refractivity (Wildman–Crippen MR) is 30.4 cm³/mol. The van der Waals surface area contributed by atoms with Gasteiger partial charge in [-0.2, -0.15) is 0 Å². The Labute approximate surface area is 51.1 Å². The summed E-state index contributed by atoms with van der Waals surface area (Å²) in [7, 11) is 0. The molecule has 0 saturated carbocycles. The van der Waals surface area contributed by atoms with Crippen LogP contribution in [0.3, 0.4) is 0 Å². The van der Waals surface area contributed by atoms with Gasteiger partial charge in [0.1, 0.15) is 5.82 Å². The van der Waals surface area contributed by atoms with Gasteiger partial charge in [0.05, 0.1) is 0 Å². The van der Waals surface area contributed by atoms with Gasteiger partial charge in [0, 0.05) is 0 Å². The molecule has 0 unspecified atom stereocenters. The van der Waals surface area contributed by atoms with Crippen LogP contribution < -0.4 is 11.5 Å². The molecule has 0 spiro atoms. The number of nitrogen functional groups attached to an aromatic ring is 1. The summed E-state index contributed by atoms with van der Waals surface area (Å²) in [6.07, 6.45) is 2.28. The van der Waals surface area contributed by atoms with E-state index < -0.39 is 5.91 Å². The number of carbonyl (C=O) groups excluding carboxylic acids is 1. The number of hydrogen-bond donors (Lipinski definition) is 3. The molecule has 0 aliphatic rings. The molecule has 5 heteroatoms. The first-order valence-corrected chi connectivity index (χ1v) is 2.23. The molecule has 1 radical (unpaired) electrons. The second-order valence-electron chi connectivity index (χ2n) is 1.48. The molecule has 1 amide bonds. The van der Waals surface area contributed by atoms with E-state index in [2.05, 4.69) is 16.3 Å². The van der Waals surface area contributed by atoms with E-state index in [4.69, 9.17) is 11.5 Å². The van der Waals surface area contributed by atoms with Crippen molar-refractivity contribution < 1.29 is 4.79 Å². The Morgan fingerprint density at radius 1 is 1.78 bits per heavy atom. The number of nitrogens with two attached hydrogens (primary N) is 2. The molecule has 0 atom stereocenters. The van der Waals surface area contributed by atoms with Gasteiger partial charge < -0.3 is 16.5 Å². The van der Waals surface area contributed by atoms with Crippen molar-refractivity contribution in [1.29, 1.82) is 0 Å². The van der Waals surface area contributed by atoms with E-state index in [1.54, 1.807) is 0 Å². The monoisotopic (exact) mass is 125 g/mol. The summed E-state index contributed by atoms with van der Waals surface area (Å²) in [5, 5.41) is 0. The smallest absolute Gasteiger partial charge is 0.271 e. The number of primary amides is 1. The Morgan fingerprint density at radius 2 is 2.44 bits per heavy atom. The molecule has 0 bridgehead atoms. The Balaban J connectivity index is 3.08. The summed E-state index contributed by atoms with van der Waals surface area (Å²) in [5.74, 6) is -0.493. The number of rotatable bonds is 1. The molecule has 9 heavy (non-hydrogen) atoms. The zero-order chi connectivity index (χ0) is 6.85. The van der Waals surface area contributed by atoms with E-state index in [1.165, 1.54) is 0 Å². The first kappa shape index (κ1) is 5.61. The number of aromatic amines is 1. The highest BCUT2D eigenvalue weighted by atomic mass is 16.1. The highest BCUT2D eigenvalue weighted by molar-refractivity contribution is 5.94. The van der Waals surface area contributed by atoms with E-state index in [-0.39, 0.29) is 11.5 Å². The van der Waals surface area contributed by atoms with Crippen molar-refractivity contribution in [1.82, 2.24) is 9.97 Å². The van der Waals surface area contributed by atoms with Gasteiger partial charge in [0.2, 0.25) is 0 Å². The van der Waals surface area contributed by atoms with Gasteiger partial charge in [-0.05, 0) is 0 Å². The predicted octanol–water partition coefficient (Wildman–Crippen LogP) is -1.11. The van der Waals surface area contributed by atoms with Crippen molar-refractivity contribution in [3.05, 3.63) is 12.0 Å². The van der Waals surface area contributed by atoms with Crippen LogP contribution in [0.4, 0.5) is 5.82 Å². The Bertz CT molecular complexity index is 228. The first-order valence-electron chi connectivity index (χ1n) is 2.23. The van der Waals surface area contributed by atoms with Crippen LogP contribution in [0.1, 0.15) is 10.5 Å². The van der Waals surface area contributed by atoms with Crippen molar-refractivity contribution in [2.45, 2.75) is 0 Å². The van der Waals surface area contributed by atoms with Crippen LogP contribution in [0, 0.1) is 6.33 Å². The minimum Gasteiger partial charge on any atom is -0.383 e. The maximum Gasteiger partial charge on any atom is 0.271 e. The minimum atomic E-state index is -0.648. The molecule has 1 aromatic rings. The lowest BCUT2D eigenvalue weighted by atomic mass is 10.4.